The Hall–Kier alpha value is -1.42. The molecule has 0 fully saturated rings. The third kappa shape index (κ3) is 3.67. The van der Waals surface area contributed by atoms with Crippen LogP contribution < -0.4 is 16.8 Å². The standard InChI is InChI=1S/C11H19N3O/c1-8(5-6-15-2)14-9-3-4-10(12)11(13)7-9/h3-4,7-8,14H,5-6,12-13H2,1-2H3. The SMILES string of the molecule is COCCC(C)Nc1ccc(N)c(N)c1. The Morgan fingerprint density at radius 3 is 2.67 bits per heavy atom. The first-order valence-corrected chi connectivity index (χ1v) is 5.04. The van der Waals surface area contributed by atoms with E-state index in [1.54, 1.807) is 13.2 Å². The van der Waals surface area contributed by atoms with Gasteiger partial charge in [0.25, 0.3) is 0 Å². The number of nitrogen functional groups attached to an aromatic ring is 2. The molecule has 1 atom stereocenters. The highest BCUT2D eigenvalue weighted by atomic mass is 16.5. The van der Waals surface area contributed by atoms with Crippen molar-refractivity contribution in [3.05, 3.63) is 18.2 Å². The topological polar surface area (TPSA) is 73.3 Å². The number of ether oxygens (including phenoxy) is 1. The van der Waals surface area contributed by atoms with Crippen molar-refractivity contribution < 1.29 is 4.74 Å². The number of anilines is 3. The number of methoxy groups -OCH3 is 1. The van der Waals surface area contributed by atoms with E-state index in [2.05, 4.69) is 12.2 Å². The van der Waals surface area contributed by atoms with E-state index >= 15 is 0 Å². The fourth-order valence-corrected chi connectivity index (χ4v) is 1.32. The molecule has 5 N–H and O–H groups in total. The second-order valence-corrected chi connectivity index (χ2v) is 3.67. The van der Waals surface area contributed by atoms with E-state index in [1.807, 2.05) is 12.1 Å². The van der Waals surface area contributed by atoms with Gasteiger partial charge in [-0.1, -0.05) is 0 Å². The van der Waals surface area contributed by atoms with Gasteiger partial charge in [-0.15, -0.1) is 0 Å². The van der Waals surface area contributed by atoms with Crippen LogP contribution in [0.15, 0.2) is 18.2 Å². The van der Waals surface area contributed by atoms with Crippen LogP contribution in [0.5, 0.6) is 0 Å². The molecule has 0 aliphatic carbocycles. The number of nitrogens with one attached hydrogen (secondary N) is 1. The summed E-state index contributed by atoms with van der Waals surface area (Å²) in [5.41, 5.74) is 13.6. The highest BCUT2D eigenvalue weighted by molar-refractivity contribution is 5.69. The molecule has 1 aromatic rings. The third-order valence-corrected chi connectivity index (χ3v) is 2.25. The Labute approximate surface area is 90.6 Å². The van der Waals surface area contributed by atoms with E-state index in [0.29, 0.717) is 17.4 Å². The minimum absolute atomic E-state index is 0.355. The lowest BCUT2D eigenvalue weighted by Crippen LogP contribution is -2.17. The minimum atomic E-state index is 0.355. The van der Waals surface area contributed by atoms with Gasteiger partial charge in [-0.25, -0.2) is 0 Å². The van der Waals surface area contributed by atoms with E-state index in [0.717, 1.165) is 18.7 Å². The summed E-state index contributed by atoms with van der Waals surface area (Å²) in [6.07, 6.45) is 0.959. The summed E-state index contributed by atoms with van der Waals surface area (Å²) in [6, 6.07) is 5.93. The predicted molar refractivity (Wildman–Crippen MR) is 64.8 cm³/mol. The van der Waals surface area contributed by atoms with E-state index in [4.69, 9.17) is 16.2 Å². The normalized spacial score (nSPS) is 12.4. The summed E-state index contributed by atoms with van der Waals surface area (Å²) < 4.78 is 5.01. The second kappa shape index (κ2) is 5.46. The summed E-state index contributed by atoms with van der Waals surface area (Å²) in [7, 11) is 1.70. The number of benzene rings is 1. The molecule has 0 heterocycles. The van der Waals surface area contributed by atoms with Crippen molar-refractivity contribution in [1.82, 2.24) is 0 Å². The second-order valence-electron chi connectivity index (χ2n) is 3.67. The number of hydrogen-bond donors (Lipinski definition) is 3. The van der Waals surface area contributed by atoms with Crippen molar-refractivity contribution in [2.24, 2.45) is 0 Å². The molecule has 4 heteroatoms. The smallest absolute Gasteiger partial charge is 0.0568 e. The zero-order chi connectivity index (χ0) is 11.3. The molecule has 0 bridgehead atoms. The lowest BCUT2D eigenvalue weighted by Gasteiger charge is -2.15. The van der Waals surface area contributed by atoms with Gasteiger partial charge in [-0.2, -0.15) is 0 Å². The van der Waals surface area contributed by atoms with Gasteiger partial charge in [0.2, 0.25) is 0 Å². The lowest BCUT2D eigenvalue weighted by atomic mass is 10.2. The van der Waals surface area contributed by atoms with Gasteiger partial charge in [-0.3, -0.25) is 0 Å². The summed E-state index contributed by atoms with van der Waals surface area (Å²) in [6.45, 7) is 2.85. The maximum absolute atomic E-state index is 5.71. The molecule has 0 aromatic heterocycles. The van der Waals surface area contributed by atoms with Crippen LogP contribution in [0, 0.1) is 0 Å². The van der Waals surface area contributed by atoms with Crippen molar-refractivity contribution in [2.45, 2.75) is 19.4 Å². The number of rotatable bonds is 5. The molecular weight excluding hydrogens is 190 g/mol. The molecule has 1 aromatic carbocycles. The van der Waals surface area contributed by atoms with E-state index in [9.17, 15) is 0 Å². The molecule has 15 heavy (non-hydrogen) atoms. The monoisotopic (exact) mass is 209 g/mol. The van der Waals surface area contributed by atoms with Crippen LogP contribution in [-0.4, -0.2) is 19.8 Å². The summed E-state index contributed by atoms with van der Waals surface area (Å²) >= 11 is 0. The van der Waals surface area contributed by atoms with Crippen molar-refractivity contribution in [3.63, 3.8) is 0 Å². The van der Waals surface area contributed by atoms with Crippen LogP contribution in [-0.2, 0) is 4.74 Å². The quantitative estimate of drug-likeness (QED) is 0.645. The predicted octanol–water partition coefficient (Wildman–Crippen LogP) is 1.69. The van der Waals surface area contributed by atoms with E-state index < -0.39 is 0 Å². The molecule has 0 saturated heterocycles. The van der Waals surface area contributed by atoms with Crippen LogP contribution in [0.1, 0.15) is 13.3 Å². The largest absolute Gasteiger partial charge is 0.397 e. The van der Waals surface area contributed by atoms with Crippen molar-refractivity contribution in [3.8, 4) is 0 Å². The van der Waals surface area contributed by atoms with Crippen LogP contribution in [0.4, 0.5) is 17.1 Å². The van der Waals surface area contributed by atoms with Gasteiger partial charge < -0.3 is 21.5 Å². The molecule has 0 radical (unpaired) electrons. The minimum Gasteiger partial charge on any atom is -0.397 e. The lowest BCUT2D eigenvalue weighted by molar-refractivity contribution is 0.191. The molecule has 0 spiro atoms. The van der Waals surface area contributed by atoms with Gasteiger partial charge >= 0.3 is 0 Å². The van der Waals surface area contributed by atoms with E-state index in [1.165, 1.54) is 0 Å². The van der Waals surface area contributed by atoms with Crippen LogP contribution in [0.2, 0.25) is 0 Å². The van der Waals surface area contributed by atoms with Gasteiger partial charge in [-0.05, 0) is 31.5 Å². The van der Waals surface area contributed by atoms with Crippen LogP contribution >= 0.6 is 0 Å². The molecule has 0 saturated carbocycles. The molecule has 4 nitrogen and oxygen atoms in total. The van der Waals surface area contributed by atoms with Gasteiger partial charge in [0.05, 0.1) is 11.4 Å². The first kappa shape index (κ1) is 11.7. The molecule has 84 valence electrons. The molecule has 1 rings (SSSR count). The third-order valence-electron chi connectivity index (χ3n) is 2.25. The molecule has 1 unspecified atom stereocenters. The van der Waals surface area contributed by atoms with Crippen molar-refractivity contribution in [2.75, 3.05) is 30.5 Å². The highest BCUT2D eigenvalue weighted by Crippen LogP contribution is 2.20. The average Bonchev–Trinajstić information content (AvgIpc) is 2.20. The Morgan fingerprint density at radius 1 is 1.33 bits per heavy atom. The first-order chi connectivity index (χ1) is 7.13. The number of nitrogens with two attached hydrogens (primary N) is 2. The average molecular weight is 209 g/mol. The maximum atomic E-state index is 5.71. The molecule has 0 aliphatic heterocycles. The fourth-order valence-electron chi connectivity index (χ4n) is 1.32. The summed E-state index contributed by atoms with van der Waals surface area (Å²) in [5, 5.41) is 3.33. The Morgan fingerprint density at radius 2 is 2.07 bits per heavy atom. The Kier molecular flexibility index (Phi) is 4.24. The first-order valence-electron chi connectivity index (χ1n) is 5.04. The number of hydrogen-bond acceptors (Lipinski definition) is 4. The fraction of sp³-hybridized carbons (Fsp3) is 0.455. The maximum Gasteiger partial charge on any atom is 0.0568 e. The Balaban J connectivity index is 2.53. The van der Waals surface area contributed by atoms with Gasteiger partial charge in [0.1, 0.15) is 0 Å². The van der Waals surface area contributed by atoms with Crippen molar-refractivity contribution in [1.29, 1.82) is 0 Å². The summed E-state index contributed by atoms with van der Waals surface area (Å²) in [5.74, 6) is 0. The van der Waals surface area contributed by atoms with Crippen molar-refractivity contribution >= 4 is 17.1 Å². The van der Waals surface area contributed by atoms with E-state index in [-0.39, 0.29) is 0 Å². The van der Waals surface area contributed by atoms with Crippen LogP contribution in [0.25, 0.3) is 0 Å². The summed E-state index contributed by atoms with van der Waals surface area (Å²) in [4.78, 5) is 0. The van der Waals surface area contributed by atoms with Gasteiger partial charge in [0.15, 0.2) is 0 Å². The highest BCUT2D eigenvalue weighted by Gasteiger charge is 2.02. The zero-order valence-electron chi connectivity index (χ0n) is 9.29. The Bertz CT molecular complexity index is 315. The van der Waals surface area contributed by atoms with Crippen LogP contribution in [0.3, 0.4) is 0 Å². The zero-order valence-corrected chi connectivity index (χ0v) is 9.29. The van der Waals surface area contributed by atoms with Gasteiger partial charge in [0, 0.05) is 25.4 Å². The molecule has 0 amide bonds. The molecular formula is C11H19N3O. The molecule has 0 aliphatic rings.